The first-order valence-corrected chi connectivity index (χ1v) is 7.70. The predicted molar refractivity (Wildman–Crippen MR) is 81.6 cm³/mol. The number of H-pyrrole nitrogens is 1. The van der Waals surface area contributed by atoms with Crippen LogP contribution in [0.2, 0.25) is 0 Å². The van der Waals surface area contributed by atoms with Crippen LogP contribution in [0.3, 0.4) is 0 Å². The van der Waals surface area contributed by atoms with Gasteiger partial charge in [-0.25, -0.2) is 4.79 Å². The van der Waals surface area contributed by atoms with Gasteiger partial charge in [-0.15, -0.1) is 11.7 Å². The number of nitrogens with one attached hydrogen (secondary N) is 1. The van der Waals surface area contributed by atoms with Gasteiger partial charge in [-0.1, -0.05) is 6.08 Å². The highest BCUT2D eigenvalue weighted by atomic mass is 16.5. The first-order chi connectivity index (χ1) is 11.1. The summed E-state index contributed by atoms with van der Waals surface area (Å²) in [6, 6.07) is -0.296. The van der Waals surface area contributed by atoms with Crippen LogP contribution in [0.25, 0.3) is 0 Å². The molecule has 2 rings (SSSR count). The first kappa shape index (κ1) is 17.1. The molecule has 0 saturated carbocycles. The molecule has 1 saturated heterocycles. The molecule has 126 valence electrons. The van der Waals surface area contributed by atoms with Crippen molar-refractivity contribution >= 4 is 11.9 Å². The number of hydrogen-bond acceptors (Lipinski definition) is 6. The number of amides is 1. The van der Waals surface area contributed by atoms with Gasteiger partial charge >= 0.3 is 5.97 Å². The maximum atomic E-state index is 12.6. The lowest BCUT2D eigenvalue weighted by atomic mass is 10.1. The maximum absolute atomic E-state index is 12.6. The molecule has 0 aromatic carbocycles. The normalized spacial score (nSPS) is 18.7. The van der Waals surface area contributed by atoms with E-state index in [1.54, 1.807) is 24.8 Å². The van der Waals surface area contributed by atoms with E-state index in [-0.39, 0.29) is 24.2 Å². The summed E-state index contributed by atoms with van der Waals surface area (Å²) in [6.07, 6.45) is 2.58. The number of nitrogens with zero attached hydrogens (tertiary/aromatic N) is 3. The van der Waals surface area contributed by atoms with Crippen LogP contribution >= 0.6 is 0 Å². The minimum atomic E-state index is -0.577. The average molecular weight is 322 g/mol. The Hall–Kier alpha value is -2.22. The third kappa shape index (κ3) is 3.76. The number of likely N-dealkylation sites (tertiary alicyclic amines) is 1. The highest BCUT2D eigenvalue weighted by Gasteiger charge is 2.37. The Bertz CT molecular complexity index is 572. The Kier molecular flexibility index (Phi) is 5.86. The molecule has 1 fully saturated rings. The molecule has 2 heterocycles. The lowest BCUT2D eigenvalue weighted by Gasteiger charge is -2.26. The molecule has 1 aromatic rings. The molecule has 1 aliphatic rings. The minimum absolute atomic E-state index is 0.132. The highest BCUT2D eigenvalue weighted by molar-refractivity contribution is 5.89. The van der Waals surface area contributed by atoms with E-state index in [2.05, 4.69) is 22.0 Å². The molecule has 1 aromatic heterocycles. The van der Waals surface area contributed by atoms with Gasteiger partial charge < -0.3 is 14.4 Å². The van der Waals surface area contributed by atoms with Crippen molar-refractivity contribution in [3.8, 4) is 0 Å². The van der Waals surface area contributed by atoms with Crippen LogP contribution in [0, 0.1) is 0 Å². The van der Waals surface area contributed by atoms with Gasteiger partial charge in [0.05, 0.1) is 19.3 Å². The standard InChI is InChI=1S/C15H22N4O4/c1-4-9-23-10(3)14(20)19-8-6-7-11(19)12-13(17-18-16-12)15(21)22-5-2/h4,10-11H,1,5-9H2,2-3H3,(H,16,17,18). The van der Waals surface area contributed by atoms with Gasteiger partial charge in [0.15, 0.2) is 5.69 Å². The number of carbonyl (C=O) groups is 2. The van der Waals surface area contributed by atoms with Gasteiger partial charge in [0.1, 0.15) is 11.8 Å². The molecular formula is C15H22N4O4. The van der Waals surface area contributed by atoms with E-state index in [4.69, 9.17) is 9.47 Å². The van der Waals surface area contributed by atoms with E-state index in [1.165, 1.54) is 0 Å². The van der Waals surface area contributed by atoms with Crippen molar-refractivity contribution < 1.29 is 19.1 Å². The molecule has 0 radical (unpaired) electrons. The Labute approximate surface area is 134 Å². The van der Waals surface area contributed by atoms with Gasteiger partial charge in [0.2, 0.25) is 0 Å². The van der Waals surface area contributed by atoms with Crippen LogP contribution in [0.5, 0.6) is 0 Å². The van der Waals surface area contributed by atoms with Crippen LogP contribution in [-0.4, -0.2) is 58.0 Å². The molecule has 8 heteroatoms. The van der Waals surface area contributed by atoms with Gasteiger partial charge in [-0.2, -0.15) is 10.3 Å². The van der Waals surface area contributed by atoms with E-state index in [1.807, 2.05) is 0 Å². The van der Waals surface area contributed by atoms with Crippen molar-refractivity contribution in [2.45, 2.75) is 38.8 Å². The third-order valence-electron chi connectivity index (χ3n) is 3.71. The second-order valence-electron chi connectivity index (χ2n) is 5.23. The Morgan fingerprint density at radius 2 is 2.30 bits per heavy atom. The minimum Gasteiger partial charge on any atom is -0.461 e. The van der Waals surface area contributed by atoms with Gasteiger partial charge in [-0.05, 0) is 26.7 Å². The van der Waals surface area contributed by atoms with E-state index in [0.29, 0.717) is 18.8 Å². The average Bonchev–Trinajstić information content (AvgIpc) is 3.19. The molecule has 2 unspecified atom stereocenters. The summed E-state index contributed by atoms with van der Waals surface area (Å²) in [5.74, 6) is -0.668. The molecule has 1 aliphatic heterocycles. The van der Waals surface area contributed by atoms with Crippen molar-refractivity contribution in [3.63, 3.8) is 0 Å². The molecule has 0 bridgehead atoms. The molecule has 1 amide bonds. The summed E-state index contributed by atoms with van der Waals surface area (Å²) in [7, 11) is 0. The summed E-state index contributed by atoms with van der Waals surface area (Å²) in [5, 5.41) is 10.4. The lowest BCUT2D eigenvalue weighted by Crippen LogP contribution is -2.39. The molecule has 1 N–H and O–H groups in total. The quantitative estimate of drug-likeness (QED) is 0.599. The summed E-state index contributed by atoms with van der Waals surface area (Å²) < 4.78 is 10.4. The zero-order valence-corrected chi connectivity index (χ0v) is 13.4. The number of esters is 1. The second-order valence-corrected chi connectivity index (χ2v) is 5.23. The van der Waals surface area contributed by atoms with Crippen LogP contribution < -0.4 is 0 Å². The van der Waals surface area contributed by atoms with Gasteiger partial charge in [0.25, 0.3) is 5.91 Å². The Balaban J connectivity index is 2.16. The number of aromatic amines is 1. The molecule has 23 heavy (non-hydrogen) atoms. The van der Waals surface area contributed by atoms with E-state index in [0.717, 1.165) is 12.8 Å². The fourth-order valence-corrected chi connectivity index (χ4v) is 2.65. The Morgan fingerprint density at radius 3 is 3.00 bits per heavy atom. The van der Waals surface area contributed by atoms with Gasteiger partial charge in [0, 0.05) is 6.54 Å². The zero-order chi connectivity index (χ0) is 16.8. The summed E-state index contributed by atoms with van der Waals surface area (Å²) in [5.41, 5.74) is 0.585. The zero-order valence-electron chi connectivity index (χ0n) is 13.4. The van der Waals surface area contributed by atoms with E-state index >= 15 is 0 Å². The molecule has 8 nitrogen and oxygen atoms in total. The van der Waals surface area contributed by atoms with Crippen molar-refractivity contribution in [3.05, 3.63) is 24.0 Å². The monoisotopic (exact) mass is 322 g/mol. The molecule has 2 atom stereocenters. The fraction of sp³-hybridized carbons (Fsp3) is 0.600. The topological polar surface area (TPSA) is 97.4 Å². The summed E-state index contributed by atoms with van der Waals surface area (Å²) in [6.45, 7) is 8.16. The SMILES string of the molecule is C=CCOC(C)C(=O)N1CCCC1c1n[nH]nc1C(=O)OCC. The molecule has 0 spiro atoms. The number of rotatable bonds is 7. The van der Waals surface area contributed by atoms with Crippen LogP contribution in [-0.2, 0) is 14.3 Å². The van der Waals surface area contributed by atoms with Crippen LogP contribution in [0.15, 0.2) is 12.7 Å². The maximum Gasteiger partial charge on any atom is 0.360 e. The number of aromatic nitrogens is 3. The van der Waals surface area contributed by atoms with Crippen molar-refractivity contribution in [1.29, 1.82) is 0 Å². The Morgan fingerprint density at radius 1 is 1.52 bits per heavy atom. The van der Waals surface area contributed by atoms with E-state index in [9.17, 15) is 9.59 Å². The van der Waals surface area contributed by atoms with Crippen LogP contribution in [0.4, 0.5) is 0 Å². The summed E-state index contributed by atoms with van der Waals surface area (Å²) >= 11 is 0. The van der Waals surface area contributed by atoms with Gasteiger partial charge in [-0.3, -0.25) is 4.79 Å². The first-order valence-electron chi connectivity index (χ1n) is 7.70. The lowest BCUT2D eigenvalue weighted by molar-refractivity contribution is -0.143. The number of ether oxygens (including phenoxy) is 2. The molecular weight excluding hydrogens is 300 g/mol. The van der Waals surface area contributed by atoms with Crippen molar-refractivity contribution in [1.82, 2.24) is 20.3 Å². The number of carbonyl (C=O) groups excluding carboxylic acids is 2. The van der Waals surface area contributed by atoms with Crippen LogP contribution in [0.1, 0.15) is 48.9 Å². The largest absolute Gasteiger partial charge is 0.461 e. The predicted octanol–water partition coefficient (Wildman–Crippen LogP) is 1.24. The number of hydrogen-bond donors (Lipinski definition) is 1. The van der Waals surface area contributed by atoms with Crippen molar-refractivity contribution in [2.75, 3.05) is 19.8 Å². The third-order valence-corrected chi connectivity index (χ3v) is 3.71. The van der Waals surface area contributed by atoms with Crippen molar-refractivity contribution in [2.24, 2.45) is 0 Å². The van der Waals surface area contributed by atoms with E-state index < -0.39 is 12.1 Å². The summed E-state index contributed by atoms with van der Waals surface area (Å²) in [4.78, 5) is 26.2. The molecule has 0 aliphatic carbocycles. The second kappa shape index (κ2) is 7.87. The fourth-order valence-electron chi connectivity index (χ4n) is 2.65. The highest BCUT2D eigenvalue weighted by Crippen LogP contribution is 2.32. The smallest absolute Gasteiger partial charge is 0.360 e.